The second kappa shape index (κ2) is 8.69. The SMILES string of the molecule is CCCC(CCO)CNc1ncnc(NC)c1CC. The quantitative estimate of drug-likeness (QED) is 0.640. The number of aliphatic hydroxyl groups is 1. The summed E-state index contributed by atoms with van der Waals surface area (Å²) in [6, 6.07) is 0. The van der Waals surface area contributed by atoms with Gasteiger partial charge in [0.2, 0.25) is 0 Å². The third-order valence-corrected chi connectivity index (χ3v) is 3.33. The highest BCUT2D eigenvalue weighted by molar-refractivity contribution is 5.57. The summed E-state index contributed by atoms with van der Waals surface area (Å²) in [6.45, 7) is 5.37. The van der Waals surface area contributed by atoms with E-state index < -0.39 is 0 Å². The molecular weight excluding hydrogens is 240 g/mol. The van der Waals surface area contributed by atoms with E-state index in [1.54, 1.807) is 6.33 Å². The third-order valence-electron chi connectivity index (χ3n) is 3.33. The van der Waals surface area contributed by atoms with E-state index in [4.69, 9.17) is 5.11 Å². The lowest BCUT2D eigenvalue weighted by molar-refractivity contribution is 0.255. The summed E-state index contributed by atoms with van der Waals surface area (Å²) in [5.41, 5.74) is 1.12. The molecule has 0 radical (unpaired) electrons. The molecule has 1 aromatic rings. The number of rotatable bonds is 9. The van der Waals surface area contributed by atoms with Crippen LogP contribution in [0.25, 0.3) is 0 Å². The van der Waals surface area contributed by atoms with Gasteiger partial charge < -0.3 is 15.7 Å². The van der Waals surface area contributed by atoms with E-state index in [9.17, 15) is 0 Å². The minimum atomic E-state index is 0.249. The Balaban J connectivity index is 2.70. The van der Waals surface area contributed by atoms with E-state index >= 15 is 0 Å². The molecule has 0 saturated carbocycles. The van der Waals surface area contributed by atoms with Crippen LogP contribution >= 0.6 is 0 Å². The van der Waals surface area contributed by atoms with E-state index in [0.29, 0.717) is 5.92 Å². The number of hydrogen-bond acceptors (Lipinski definition) is 5. The van der Waals surface area contributed by atoms with Crippen LogP contribution in [0.3, 0.4) is 0 Å². The molecule has 1 rings (SSSR count). The van der Waals surface area contributed by atoms with E-state index in [2.05, 4.69) is 34.4 Å². The van der Waals surface area contributed by atoms with Gasteiger partial charge in [-0.05, 0) is 25.2 Å². The predicted octanol–water partition coefficient (Wildman–Crippen LogP) is 2.29. The second-order valence-corrected chi connectivity index (χ2v) is 4.70. The summed E-state index contributed by atoms with van der Waals surface area (Å²) in [7, 11) is 1.87. The average molecular weight is 266 g/mol. The summed E-state index contributed by atoms with van der Waals surface area (Å²) in [6.07, 6.45) is 5.57. The Hall–Kier alpha value is -1.36. The minimum Gasteiger partial charge on any atom is -0.396 e. The largest absolute Gasteiger partial charge is 0.396 e. The average Bonchev–Trinajstić information content (AvgIpc) is 2.44. The molecule has 0 aliphatic carbocycles. The number of hydrogen-bond donors (Lipinski definition) is 3. The molecule has 19 heavy (non-hydrogen) atoms. The van der Waals surface area contributed by atoms with Gasteiger partial charge in [-0.3, -0.25) is 0 Å². The van der Waals surface area contributed by atoms with Crippen molar-refractivity contribution in [3.63, 3.8) is 0 Å². The van der Waals surface area contributed by atoms with Crippen LogP contribution in [0.5, 0.6) is 0 Å². The van der Waals surface area contributed by atoms with E-state index in [1.165, 1.54) is 0 Å². The van der Waals surface area contributed by atoms with Crippen molar-refractivity contribution in [1.82, 2.24) is 9.97 Å². The third kappa shape index (κ3) is 4.67. The molecule has 0 spiro atoms. The summed E-state index contributed by atoms with van der Waals surface area (Å²) in [4.78, 5) is 8.55. The molecule has 1 atom stereocenters. The first-order valence-electron chi connectivity index (χ1n) is 7.13. The maximum Gasteiger partial charge on any atom is 0.134 e. The first-order chi connectivity index (χ1) is 9.26. The van der Waals surface area contributed by atoms with Gasteiger partial charge >= 0.3 is 0 Å². The van der Waals surface area contributed by atoms with Crippen LogP contribution in [0.4, 0.5) is 11.6 Å². The highest BCUT2D eigenvalue weighted by Crippen LogP contribution is 2.21. The van der Waals surface area contributed by atoms with Crippen molar-refractivity contribution in [2.75, 3.05) is 30.8 Å². The number of aliphatic hydroxyl groups excluding tert-OH is 1. The molecule has 5 heteroatoms. The molecule has 5 nitrogen and oxygen atoms in total. The first-order valence-corrected chi connectivity index (χ1v) is 7.13. The smallest absolute Gasteiger partial charge is 0.134 e. The van der Waals surface area contributed by atoms with Gasteiger partial charge in [-0.15, -0.1) is 0 Å². The number of anilines is 2. The molecule has 0 aliphatic rings. The molecule has 0 saturated heterocycles. The maximum absolute atomic E-state index is 9.08. The Labute approximate surface area is 115 Å². The zero-order valence-electron chi connectivity index (χ0n) is 12.2. The van der Waals surface area contributed by atoms with Crippen molar-refractivity contribution < 1.29 is 5.11 Å². The lowest BCUT2D eigenvalue weighted by atomic mass is 10.0. The van der Waals surface area contributed by atoms with Gasteiger partial charge in [0.15, 0.2) is 0 Å². The van der Waals surface area contributed by atoms with Crippen molar-refractivity contribution in [2.45, 2.75) is 39.5 Å². The molecule has 1 unspecified atom stereocenters. The molecule has 1 aromatic heterocycles. The summed E-state index contributed by atoms with van der Waals surface area (Å²) >= 11 is 0. The number of nitrogens with one attached hydrogen (secondary N) is 2. The summed E-state index contributed by atoms with van der Waals surface area (Å²) in [5.74, 6) is 2.28. The van der Waals surface area contributed by atoms with E-state index in [1.807, 2.05) is 7.05 Å². The minimum absolute atomic E-state index is 0.249. The molecule has 108 valence electrons. The molecule has 0 aliphatic heterocycles. The fourth-order valence-corrected chi connectivity index (χ4v) is 2.30. The lowest BCUT2D eigenvalue weighted by Gasteiger charge is -2.18. The van der Waals surface area contributed by atoms with Crippen LogP contribution in [0.2, 0.25) is 0 Å². The standard InChI is InChI=1S/C14H26N4O/c1-4-6-11(7-8-19)9-16-14-12(5-2)13(15-3)17-10-18-14/h10-11,19H,4-9H2,1-3H3,(H2,15,16,17,18). The van der Waals surface area contributed by atoms with E-state index in [0.717, 1.165) is 49.4 Å². The highest BCUT2D eigenvalue weighted by Gasteiger charge is 2.11. The lowest BCUT2D eigenvalue weighted by Crippen LogP contribution is -2.18. The topological polar surface area (TPSA) is 70.1 Å². The monoisotopic (exact) mass is 266 g/mol. The fraction of sp³-hybridized carbons (Fsp3) is 0.714. The van der Waals surface area contributed by atoms with Gasteiger partial charge in [0, 0.05) is 25.8 Å². The highest BCUT2D eigenvalue weighted by atomic mass is 16.3. The van der Waals surface area contributed by atoms with Gasteiger partial charge in [0.05, 0.1) is 0 Å². The fourth-order valence-electron chi connectivity index (χ4n) is 2.30. The normalized spacial score (nSPS) is 12.2. The molecule has 0 fully saturated rings. The van der Waals surface area contributed by atoms with Gasteiger partial charge in [-0.25, -0.2) is 9.97 Å². The van der Waals surface area contributed by atoms with Crippen LogP contribution in [-0.4, -0.2) is 35.3 Å². The molecular formula is C14H26N4O. The van der Waals surface area contributed by atoms with Crippen LogP contribution in [0.15, 0.2) is 6.33 Å². The maximum atomic E-state index is 9.08. The van der Waals surface area contributed by atoms with Crippen molar-refractivity contribution in [2.24, 2.45) is 5.92 Å². The Bertz CT molecular complexity index is 364. The van der Waals surface area contributed by atoms with Gasteiger partial charge in [-0.1, -0.05) is 20.3 Å². The number of nitrogens with zero attached hydrogens (tertiary/aromatic N) is 2. The number of aromatic nitrogens is 2. The van der Waals surface area contributed by atoms with Crippen molar-refractivity contribution >= 4 is 11.6 Å². The summed E-state index contributed by atoms with van der Waals surface area (Å²) in [5, 5.41) is 15.6. The molecule has 0 bridgehead atoms. The first kappa shape index (κ1) is 15.7. The zero-order valence-corrected chi connectivity index (χ0v) is 12.2. The van der Waals surface area contributed by atoms with Gasteiger partial charge in [-0.2, -0.15) is 0 Å². The van der Waals surface area contributed by atoms with Gasteiger partial charge in [0.1, 0.15) is 18.0 Å². The Morgan fingerprint density at radius 1 is 1.21 bits per heavy atom. The van der Waals surface area contributed by atoms with Crippen molar-refractivity contribution in [3.05, 3.63) is 11.9 Å². The molecule has 0 amide bonds. The zero-order chi connectivity index (χ0) is 14.1. The Morgan fingerprint density at radius 2 is 1.95 bits per heavy atom. The van der Waals surface area contributed by atoms with Crippen LogP contribution < -0.4 is 10.6 Å². The van der Waals surface area contributed by atoms with Crippen LogP contribution in [0.1, 0.15) is 38.7 Å². The molecule has 1 heterocycles. The predicted molar refractivity (Wildman–Crippen MR) is 79.5 cm³/mol. The molecule has 3 N–H and O–H groups in total. The van der Waals surface area contributed by atoms with Gasteiger partial charge in [0.25, 0.3) is 0 Å². The molecule has 0 aromatic carbocycles. The Kier molecular flexibility index (Phi) is 7.18. The van der Waals surface area contributed by atoms with E-state index in [-0.39, 0.29) is 6.61 Å². The van der Waals surface area contributed by atoms with Crippen LogP contribution in [-0.2, 0) is 6.42 Å². The summed E-state index contributed by atoms with van der Waals surface area (Å²) < 4.78 is 0. The van der Waals surface area contributed by atoms with Crippen molar-refractivity contribution in [1.29, 1.82) is 0 Å². The van der Waals surface area contributed by atoms with Crippen molar-refractivity contribution in [3.8, 4) is 0 Å². The van der Waals surface area contributed by atoms with Crippen LogP contribution in [0, 0.1) is 5.92 Å². The Morgan fingerprint density at radius 3 is 2.53 bits per heavy atom. The second-order valence-electron chi connectivity index (χ2n) is 4.70.